The van der Waals surface area contributed by atoms with E-state index in [1.165, 1.54) is 22.3 Å². The average molecular weight is 480 g/mol. The first-order valence-electron chi connectivity index (χ1n) is 12.1. The summed E-state index contributed by atoms with van der Waals surface area (Å²) in [5.41, 5.74) is 4.71. The number of ether oxygens (including phenoxy) is 1. The molecule has 35 heavy (non-hydrogen) atoms. The first-order valence-corrected chi connectivity index (χ1v) is 12.1. The van der Waals surface area contributed by atoms with Crippen molar-refractivity contribution in [1.82, 2.24) is 15.5 Å². The molecule has 1 unspecified atom stereocenters. The first-order chi connectivity index (χ1) is 16.8. The Kier molecular flexibility index (Phi) is 7.70. The highest BCUT2D eigenvalue weighted by Gasteiger charge is 2.31. The highest BCUT2D eigenvalue weighted by Crippen LogP contribution is 2.44. The van der Waals surface area contributed by atoms with Crippen molar-refractivity contribution in [3.63, 3.8) is 0 Å². The predicted octanol–water partition coefficient (Wildman–Crippen LogP) is 3.21. The summed E-state index contributed by atoms with van der Waals surface area (Å²) in [7, 11) is 3.53. The summed E-state index contributed by atoms with van der Waals surface area (Å²) in [4.78, 5) is 38.0. The molecule has 0 spiro atoms. The van der Waals surface area contributed by atoms with Crippen molar-refractivity contribution in [3.05, 3.63) is 59.7 Å². The molecule has 186 valence electrons. The van der Waals surface area contributed by atoms with Crippen LogP contribution in [0.2, 0.25) is 0 Å². The van der Waals surface area contributed by atoms with Gasteiger partial charge in [-0.2, -0.15) is 0 Å². The number of carbonyl (C=O) groups excluding carboxylic acids is 2. The molecule has 2 aromatic carbocycles. The molecule has 2 aliphatic carbocycles. The van der Waals surface area contributed by atoms with Crippen LogP contribution >= 0.6 is 0 Å². The molecule has 0 aliphatic heterocycles. The summed E-state index contributed by atoms with van der Waals surface area (Å²) >= 11 is 0. The largest absolute Gasteiger partial charge is 0.480 e. The lowest BCUT2D eigenvalue weighted by Crippen LogP contribution is -2.47. The Hall–Kier alpha value is -3.39. The number of amides is 2. The maximum atomic E-state index is 12.5. The molecule has 0 heterocycles. The van der Waals surface area contributed by atoms with Crippen molar-refractivity contribution in [1.29, 1.82) is 0 Å². The summed E-state index contributed by atoms with van der Waals surface area (Å²) in [6, 6.07) is 15.4. The van der Waals surface area contributed by atoms with Crippen LogP contribution in [0.3, 0.4) is 0 Å². The average Bonchev–Trinajstić information content (AvgIpc) is 3.38. The third-order valence-electron chi connectivity index (χ3n) is 6.86. The van der Waals surface area contributed by atoms with Crippen molar-refractivity contribution in [2.24, 2.45) is 5.92 Å². The molecule has 3 atom stereocenters. The standard InChI is InChI=1S/C27H33N3O5/c1-30(2)15-24(26(32)33)29-25(31)14-17-11-12-18(13-17)28-27(34)35-16-23-21-9-5-3-7-19(21)20-8-4-6-10-22(20)23/h3-10,17-18,23-24H,11-16H2,1-2H3,(H,28,34)(H,29,31)(H,32,33)/t17-,18+,24?/m0/s1. The summed E-state index contributed by atoms with van der Waals surface area (Å²) in [6.07, 6.45) is 2.04. The Morgan fingerprint density at radius 3 is 2.26 bits per heavy atom. The third-order valence-corrected chi connectivity index (χ3v) is 6.86. The number of nitrogens with one attached hydrogen (secondary N) is 2. The van der Waals surface area contributed by atoms with Gasteiger partial charge in [0.05, 0.1) is 0 Å². The SMILES string of the molecule is CN(C)CC(NC(=O)C[C@H]1CC[C@@H](NC(=O)OCC2c3ccccc3-c3ccccc32)C1)C(=O)O. The number of rotatable bonds is 9. The minimum Gasteiger partial charge on any atom is -0.480 e. The second-order valence-electron chi connectivity index (χ2n) is 9.77. The summed E-state index contributed by atoms with van der Waals surface area (Å²) in [5.74, 6) is -1.21. The van der Waals surface area contributed by atoms with E-state index in [0.717, 1.165) is 12.8 Å². The van der Waals surface area contributed by atoms with Crippen LogP contribution in [0.4, 0.5) is 4.79 Å². The Morgan fingerprint density at radius 1 is 1.03 bits per heavy atom. The molecular formula is C27H33N3O5. The van der Waals surface area contributed by atoms with Crippen molar-refractivity contribution in [2.45, 2.75) is 43.7 Å². The summed E-state index contributed by atoms with van der Waals surface area (Å²) in [5, 5.41) is 14.9. The van der Waals surface area contributed by atoms with Gasteiger partial charge in [-0.25, -0.2) is 9.59 Å². The van der Waals surface area contributed by atoms with E-state index in [9.17, 15) is 19.5 Å². The fourth-order valence-electron chi connectivity index (χ4n) is 5.26. The van der Waals surface area contributed by atoms with Crippen molar-refractivity contribution >= 4 is 18.0 Å². The van der Waals surface area contributed by atoms with Crippen LogP contribution in [0.1, 0.15) is 42.7 Å². The first kappa shape index (κ1) is 24.7. The summed E-state index contributed by atoms with van der Waals surface area (Å²) in [6.45, 7) is 0.499. The number of hydrogen-bond acceptors (Lipinski definition) is 5. The van der Waals surface area contributed by atoms with Crippen molar-refractivity contribution < 1.29 is 24.2 Å². The molecular weight excluding hydrogens is 446 g/mol. The monoisotopic (exact) mass is 479 g/mol. The van der Waals surface area contributed by atoms with Gasteiger partial charge < -0.3 is 25.4 Å². The van der Waals surface area contributed by atoms with E-state index in [2.05, 4.69) is 34.9 Å². The van der Waals surface area contributed by atoms with Crippen LogP contribution in [0.25, 0.3) is 11.1 Å². The van der Waals surface area contributed by atoms with Crippen molar-refractivity contribution in [3.8, 4) is 11.1 Å². The number of carboxylic acid groups (broad SMARTS) is 1. The molecule has 0 saturated heterocycles. The van der Waals surface area contributed by atoms with Gasteiger partial charge in [0.1, 0.15) is 12.6 Å². The topological polar surface area (TPSA) is 108 Å². The lowest BCUT2D eigenvalue weighted by Gasteiger charge is -2.20. The molecule has 3 N–H and O–H groups in total. The zero-order valence-electron chi connectivity index (χ0n) is 20.2. The number of carbonyl (C=O) groups is 3. The quantitative estimate of drug-likeness (QED) is 0.510. The molecule has 0 aromatic heterocycles. The second kappa shape index (κ2) is 10.9. The van der Waals surface area contributed by atoms with Crippen LogP contribution in [-0.4, -0.2) is 67.3 Å². The lowest BCUT2D eigenvalue weighted by molar-refractivity contribution is -0.142. The van der Waals surface area contributed by atoms with Crippen LogP contribution in [-0.2, 0) is 14.3 Å². The fourth-order valence-corrected chi connectivity index (χ4v) is 5.26. The number of hydrogen-bond donors (Lipinski definition) is 3. The maximum Gasteiger partial charge on any atom is 0.407 e. The minimum atomic E-state index is -1.05. The van der Waals surface area contributed by atoms with Gasteiger partial charge >= 0.3 is 12.1 Å². The second-order valence-corrected chi connectivity index (χ2v) is 9.77. The van der Waals surface area contributed by atoms with E-state index in [4.69, 9.17) is 4.74 Å². The van der Waals surface area contributed by atoms with Gasteiger partial charge in [0.15, 0.2) is 0 Å². The lowest BCUT2D eigenvalue weighted by atomic mass is 9.98. The van der Waals surface area contributed by atoms with Gasteiger partial charge in [0.25, 0.3) is 0 Å². The minimum absolute atomic E-state index is 0.0116. The normalized spacial score (nSPS) is 19.6. The van der Waals surface area contributed by atoms with E-state index >= 15 is 0 Å². The van der Waals surface area contributed by atoms with Crippen LogP contribution in [0.15, 0.2) is 48.5 Å². The van der Waals surface area contributed by atoms with Gasteiger partial charge in [-0.1, -0.05) is 48.5 Å². The van der Waals surface area contributed by atoms with E-state index in [1.54, 1.807) is 19.0 Å². The zero-order chi connectivity index (χ0) is 24.9. The number of alkyl carbamates (subject to hydrolysis) is 1. The van der Waals surface area contributed by atoms with Gasteiger partial charge in [0, 0.05) is 24.9 Å². The summed E-state index contributed by atoms with van der Waals surface area (Å²) < 4.78 is 5.63. The number of aliphatic carboxylic acids is 1. The van der Waals surface area contributed by atoms with E-state index in [-0.39, 0.29) is 43.4 Å². The highest BCUT2D eigenvalue weighted by atomic mass is 16.5. The number of likely N-dealkylation sites (N-methyl/N-ethyl adjacent to an activating group) is 1. The zero-order valence-corrected chi connectivity index (χ0v) is 20.2. The van der Waals surface area contributed by atoms with Gasteiger partial charge in [-0.15, -0.1) is 0 Å². The molecule has 2 amide bonds. The van der Waals surface area contributed by atoms with Crippen LogP contribution in [0, 0.1) is 5.92 Å². The van der Waals surface area contributed by atoms with E-state index in [0.29, 0.717) is 6.42 Å². The number of fused-ring (bicyclic) bond motifs is 3. The molecule has 1 fully saturated rings. The Labute approximate surface area is 205 Å². The molecule has 8 nitrogen and oxygen atoms in total. The fraction of sp³-hybridized carbons (Fsp3) is 0.444. The molecule has 0 bridgehead atoms. The third kappa shape index (κ3) is 6.00. The molecule has 8 heteroatoms. The van der Waals surface area contributed by atoms with Crippen LogP contribution < -0.4 is 10.6 Å². The van der Waals surface area contributed by atoms with Crippen LogP contribution in [0.5, 0.6) is 0 Å². The Morgan fingerprint density at radius 2 is 1.66 bits per heavy atom. The maximum absolute atomic E-state index is 12.5. The number of carboxylic acids is 1. The Balaban J connectivity index is 1.24. The number of nitrogens with zero attached hydrogens (tertiary/aromatic N) is 1. The van der Waals surface area contributed by atoms with E-state index < -0.39 is 18.1 Å². The predicted molar refractivity (Wildman–Crippen MR) is 132 cm³/mol. The van der Waals surface area contributed by atoms with Gasteiger partial charge in [0.2, 0.25) is 5.91 Å². The molecule has 0 radical (unpaired) electrons. The molecule has 2 aromatic rings. The molecule has 1 saturated carbocycles. The number of benzene rings is 2. The highest BCUT2D eigenvalue weighted by molar-refractivity contribution is 5.84. The van der Waals surface area contributed by atoms with E-state index in [1.807, 2.05) is 24.3 Å². The molecule has 2 aliphatic rings. The molecule has 4 rings (SSSR count). The van der Waals surface area contributed by atoms with Gasteiger partial charge in [-0.05, 0) is 61.5 Å². The Bertz CT molecular complexity index is 1040. The smallest absolute Gasteiger partial charge is 0.407 e. The van der Waals surface area contributed by atoms with Crippen molar-refractivity contribution in [2.75, 3.05) is 27.2 Å². The van der Waals surface area contributed by atoms with Gasteiger partial charge in [-0.3, -0.25) is 4.79 Å².